The number of fused-ring (bicyclic) bond motifs is 2. The largest absolute Gasteiger partial charge is 0.506 e. The zero-order chi connectivity index (χ0) is 21.4. The van der Waals surface area contributed by atoms with Crippen LogP contribution >= 0.6 is 11.6 Å². The van der Waals surface area contributed by atoms with Gasteiger partial charge in [0.15, 0.2) is 0 Å². The van der Waals surface area contributed by atoms with E-state index in [0.717, 1.165) is 16.5 Å². The smallest absolute Gasteiger partial charge is 0.340 e. The number of hydrogen-bond acceptors (Lipinski definition) is 4. The van der Waals surface area contributed by atoms with Gasteiger partial charge in [0.05, 0.1) is 17.0 Å². The molecule has 2 aromatic carbocycles. The number of phenols is 1. The van der Waals surface area contributed by atoms with Gasteiger partial charge in [-0.2, -0.15) is 0 Å². The number of halogens is 1. The first-order chi connectivity index (χ1) is 14.3. The fourth-order valence-electron chi connectivity index (χ4n) is 3.77. The minimum Gasteiger partial charge on any atom is -0.506 e. The summed E-state index contributed by atoms with van der Waals surface area (Å²) >= 11 is 5.98. The second-order valence-corrected chi connectivity index (χ2v) is 7.91. The maximum Gasteiger partial charge on any atom is 0.340 e. The molecule has 2 aromatic heterocycles. The lowest BCUT2D eigenvalue weighted by Gasteiger charge is -2.14. The Labute approximate surface area is 177 Å². The van der Waals surface area contributed by atoms with Crippen LogP contribution in [0.25, 0.3) is 21.9 Å². The van der Waals surface area contributed by atoms with E-state index in [4.69, 9.17) is 16.0 Å². The Morgan fingerprint density at radius 1 is 1.27 bits per heavy atom. The Kier molecular flexibility index (Phi) is 5.26. The quantitative estimate of drug-likeness (QED) is 0.418. The third-order valence-corrected chi connectivity index (χ3v) is 5.60. The molecule has 7 heteroatoms. The number of nitrogens with one attached hydrogen (secondary N) is 2. The summed E-state index contributed by atoms with van der Waals surface area (Å²) in [6, 6.07) is 10.7. The lowest BCUT2D eigenvalue weighted by atomic mass is 10.0. The molecule has 30 heavy (non-hydrogen) atoms. The first-order valence-corrected chi connectivity index (χ1v) is 10.0. The van der Waals surface area contributed by atoms with Gasteiger partial charge in [0.2, 0.25) is 5.91 Å². The average molecular weight is 425 g/mol. The number of H-pyrrole nitrogens is 1. The molecule has 0 aliphatic rings. The second-order valence-electron chi connectivity index (χ2n) is 7.50. The van der Waals surface area contributed by atoms with Crippen molar-refractivity contribution in [2.45, 2.75) is 32.7 Å². The van der Waals surface area contributed by atoms with Crippen LogP contribution in [0.3, 0.4) is 0 Å². The Morgan fingerprint density at radius 3 is 2.83 bits per heavy atom. The maximum absolute atomic E-state index is 12.6. The fraction of sp³-hybridized carbons (Fsp3) is 0.217. The van der Waals surface area contributed by atoms with Crippen LogP contribution in [0.2, 0.25) is 5.02 Å². The molecule has 0 spiro atoms. The molecule has 1 amide bonds. The van der Waals surface area contributed by atoms with Crippen LogP contribution in [-0.4, -0.2) is 22.0 Å². The van der Waals surface area contributed by atoms with Crippen LogP contribution in [0.4, 0.5) is 0 Å². The number of hydrogen-bond donors (Lipinski definition) is 3. The molecule has 0 aliphatic carbocycles. The van der Waals surface area contributed by atoms with Crippen molar-refractivity contribution in [1.82, 2.24) is 10.3 Å². The molecule has 1 atom stereocenters. The number of carbonyl (C=O) groups excluding carboxylic acids is 1. The topological polar surface area (TPSA) is 95.3 Å². The van der Waals surface area contributed by atoms with Crippen molar-refractivity contribution in [1.29, 1.82) is 0 Å². The number of aromatic amines is 1. The normalized spacial score (nSPS) is 12.4. The Hall–Kier alpha value is -3.25. The predicted octanol–water partition coefficient (Wildman–Crippen LogP) is 4.23. The molecule has 0 aliphatic heterocycles. The number of aromatic hydroxyl groups is 1. The predicted molar refractivity (Wildman–Crippen MR) is 117 cm³/mol. The van der Waals surface area contributed by atoms with E-state index in [-0.39, 0.29) is 40.3 Å². The fourth-order valence-corrected chi connectivity index (χ4v) is 3.93. The molecular weight excluding hydrogens is 404 g/mol. The molecule has 4 rings (SSSR count). The minimum absolute atomic E-state index is 0.0964. The van der Waals surface area contributed by atoms with Crippen LogP contribution in [0.5, 0.6) is 5.75 Å². The first kappa shape index (κ1) is 20.0. The molecule has 2 heterocycles. The highest BCUT2D eigenvalue weighted by atomic mass is 35.5. The van der Waals surface area contributed by atoms with E-state index >= 15 is 0 Å². The van der Waals surface area contributed by atoms with Gasteiger partial charge in [0.1, 0.15) is 11.3 Å². The highest BCUT2D eigenvalue weighted by molar-refractivity contribution is 6.32. The summed E-state index contributed by atoms with van der Waals surface area (Å²) < 4.78 is 5.29. The highest BCUT2D eigenvalue weighted by Crippen LogP contribution is 2.30. The molecular formula is C23H21ClN2O4. The number of aromatic nitrogens is 1. The first-order valence-electron chi connectivity index (χ1n) is 9.62. The minimum atomic E-state index is -0.596. The third kappa shape index (κ3) is 3.78. The Bertz CT molecular complexity index is 1320. The molecule has 0 saturated heterocycles. The number of rotatable bonds is 5. The molecule has 1 unspecified atom stereocenters. The average Bonchev–Trinajstić information content (AvgIpc) is 3.10. The zero-order valence-electron chi connectivity index (χ0n) is 16.6. The van der Waals surface area contributed by atoms with Crippen LogP contribution in [0, 0.1) is 6.92 Å². The summed E-state index contributed by atoms with van der Waals surface area (Å²) in [6.07, 6.45) is 2.52. The SMILES string of the molecule is Cc1c(CC(=O)NC(C)Cc2c[nH]c3ccccc23)c(=O)oc2cc(O)c(Cl)cc12. The van der Waals surface area contributed by atoms with E-state index < -0.39 is 5.63 Å². The van der Waals surface area contributed by atoms with E-state index in [0.29, 0.717) is 17.4 Å². The van der Waals surface area contributed by atoms with Crippen molar-refractivity contribution in [3.05, 3.63) is 74.7 Å². The van der Waals surface area contributed by atoms with Crippen molar-refractivity contribution < 1.29 is 14.3 Å². The molecule has 154 valence electrons. The van der Waals surface area contributed by atoms with Gasteiger partial charge >= 0.3 is 5.63 Å². The van der Waals surface area contributed by atoms with Crippen LogP contribution in [-0.2, 0) is 17.6 Å². The lowest BCUT2D eigenvalue weighted by Crippen LogP contribution is -2.36. The third-order valence-electron chi connectivity index (χ3n) is 5.30. The van der Waals surface area contributed by atoms with Gasteiger partial charge in [0, 0.05) is 34.6 Å². The van der Waals surface area contributed by atoms with Crippen molar-refractivity contribution >= 4 is 39.4 Å². The Morgan fingerprint density at radius 2 is 2.03 bits per heavy atom. The summed E-state index contributed by atoms with van der Waals surface area (Å²) in [5.41, 5.74) is 2.70. The molecule has 4 aromatic rings. The number of phenolic OH excluding ortho intramolecular Hbond substituents is 1. The summed E-state index contributed by atoms with van der Waals surface area (Å²) in [4.78, 5) is 28.3. The monoisotopic (exact) mass is 424 g/mol. The van der Waals surface area contributed by atoms with Crippen molar-refractivity contribution in [2.75, 3.05) is 0 Å². The van der Waals surface area contributed by atoms with Crippen LogP contribution in [0.15, 0.2) is 51.8 Å². The lowest BCUT2D eigenvalue weighted by molar-refractivity contribution is -0.121. The molecule has 0 bridgehead atoms. The van der Waals surface area contributed by atoms with Gasteiger partial charge in [-0.3, -0.25) is 4.79 Å². The van der Waals surface area contributed by atoms with E-state index in [1.54, 1.807) is 6.92 Å². The van der Waals surface area contributed by atoms with Crippen molar-refractivity contribution in [2.24, 2.45) is 0 Å². The van der Waals surface area contributed by atoms with E-state index in [9.17, 15) is 14.7 Å². The number of aryl methyl sites for hydroxylation is 1. The van der Waals surface area contributed by atoms with Gasteiger partial charge in [-0.25, -0.2) is 4.79 Å². The summed E-state index contributed by atoms with van der Waals surface area (Å²) in [5, 5.41) is 14.6. The van der Waals surface area contributed by atoms with Crippen LogP contribution in [0.1, 0.15) is 23.6 Å². The van der Waals surface area contributed by atoms with Crippen molar-refractivity contribution in [3.8, 4) is 5.75 Å². The van der Waals surface area contributed by atoms with Crippen molar-refractivity contribution in [3.63, 3.8) is 0 Å². The van der Waals surface area contributed by atoms with E-state index in [1.165, 1.54) is 12.1 Å². The molecule has 0 saturated carbocycles. The summed E-state index contributed by atoms with van der Waals surface area (Å²) in [7, 11) is 0. The molecule has 6 nitrogen and oxygen atoms in total. The number of amides is 1. The van der Waals surface area contributed by atoms with E-state index in [1.807, 2.05) is 37.4 Å². The standard InChI is InChI=1S/C23H21ClN2O4/c1-12(7-14-11-25-19-6-4-3-5-15(14)19)26-22(28)9-17-13(2)16-8-18(24)20(27)10-21(16)30-23(17)29/h3-6,8,10-12,25,27H,7,9H2,1-2H3,(H,26,28). The summed E-state index contributed by atoms with van der Waals surface area (Å²) in [5.74, 6) is -0.426. The molecule has 3 N–H and O–H groups in total. The van der Waals surface area contributed by atoms with Gasteiger partial charge in [-0.1, -0.05) is 29.8 Å². The zero-order valence-corrected chi connectivity index (χ0v) is 17.3. The van der Waals surface area contributed by atoms with Gasteiger partial charge in [-0.15, -0.1) is 0 Å². The number of carbonyl (C=O) groups is 1. The Balaban J connectivity index is 1.51. The molecule has 0 fully saturated rings. The number of benzene rings is 2. The van der Waals surface area contributed by atoms with Crippen LogP contribution < -0.4 is 10.9 Å². The van der Waals surface area contributed by atoms with Gasteiger partial charge in [-0.05, 0) is 43.5 Å². The highest BCUT2D eigenvalue weighted by Gasteiger charge is 2.18. The van der Waals surface area contributed by atoms with Gasteiger partial charge in [0.25, 0.3) is 0 Å². The number of para-hydroxylation sites is 1. The maximum atomic E-state index is 12.6. The molecule has 0 radical (unpaired) electrons. The summed E-state index contributed by atoms with van der Waals surface area (Å²) in [6.45, 7) is 3.67. The van der Waals surface area contributed by atoms with E-state index in [2.05, 4.69) is 10.3 Å². The van der Waals surface area contributed by atoms with Gasteiger partial charge < -0.3 is 19.8 Å². The second kappa shape index (κ2) is 7.88.